The van der Waals surface area contributed by atoms with Gasteiger partial charge in [0.05, 0.1) is 12.7 Å². The standard InChI is InChI=1S/C24H19F3O3S/c1-30-23(29)21-11-9-17(31-21)13-15-8-10-19-18(6-3-7-20(19)22(15)28)14-4-2-5-16(12-14)24(25,26)27/h2-7,9,11-12,15H,8,10,13H2,1H3. The van der Waals surface area contributed by atoms with E-state index in [1.807, 2.05) is 6.07 Å². The van der Waals surface area contributed by atoms with E-state index in [4.69, 9.17) is 4.74 Å². The predicted octanol–water partition coefficient (Wildman–Crippen LogP) is 6.21. The molecule has 0 bridgehead atoms. The number of halogens is 3. The van der Waals surface area contributed by atoms with E-state index < -0.39 is 17.7 Å². The van der Waals surface area contributed by atoms with Crippen LogP contribution in [0, 0.1) is 5.92 Å². The van der Waals surface area contributed by atoms with E-state index in [-0.39, 0.29) is 11.7 Å². The quantitative estimate of drug-likeness (QED) is 0.450. The molecule has 1 aliphatic carbocycles. The SMILES string of the molecule is COC(=O)c1ccc(CC2CCc3c(cccc3-c3cccc(C(F)(F)F)c3)C2=O)s1. The van der Waals surface area contributed by atoms with Gasteiger partial charge in [-0.1, -0.05) is 30.3 Å². The number of esters is 1. The Morgan fingerprint density at radius 1 is 1.10 bits per heavy atom. The van der Waals surface area contributed by atoms with E-state index in [0.717, 1.165) is 22.6 Å². The molecule has 0 radical (unpaired) electrons. The Morgan fingerprint density at radius 3 is 2.58 bits per heavy atom. The normalized spacial score (nSPS) is 16.1. The number of alkyl halides is 3. The maximum atomic E-state index is 13.2. The maximum Gasteiger partial charge on any atom is 0.416 e. The van der Waals surface area contributed by atoms with Crippen LogP contribution >= 0.6 is 11.3 Å². The van der Waals surface area contributed by atoms with E-state index in [1.165, 1.54) is 24.5 Å². The highest BCUT2D eigenvalue weighted by molar-refractivity contribution is 7.13. The lowest BCUT2D eigenvalue weighted by atomic mass is 9.78. The summed E-state index contributed by atoms with van der Waals surface area (Å²) < 4.78 is 44.1. The second-order valence-electron chi connectivity index (χ2n) is 7.47. The molecule has 1 aromatic heterocycles. The Morgan fingerprint density at radius 2 is 1.84 bits per heavy atom. The van der Waals surface area contributed by atoms with Crippen LogP contribution in [0.1, 0.15) is 42.5 Å². The van der Waals surface area contributed by atoms with Gasteiger partial charge in [0.2, 0.25) is 0 Å². The molecule has 1 aliphatic rings. The summed E-state index contributed by atoms with van der Waals surface area (Å²) in [5.74, 6) is -0.640. The van der Waals surface area contributed by atoms with E-state index in [1.54, 1.807) is 30.3 Å². The molecular formula is C24H19F3O3S. The highest BCUT2D eigenvalue weighted by Crippen LogP contribution is 2.37. The van der Waals surface area contributed by atoms with Gasteiger partial charge in [-0.25, -0.2) is 4.79 Å². The maximum absolute atomic E-state index is 13.2. The van der Waals surface area contributed by atoms with Crippen molar-refractivity contribution in [1.82, 2.24) is 0 Å². The minimum absolute atomic E-state index is 0.0110. The Bertz CT molecular complexity index is 1150. The first-order chi connectivity index (χ1) is 14.8. The third-order valence-corrected chi connectivity index (χ3v) is 6.64. The van der Waals surface area contributed by atoms with Gasteiger partial charge < -0.3 is 4.74 Å². The number of thiophene rings is 1. The van der Waals surface area contributed by atoms with Crippen LogP contribution < -0.4 is 0 Å². The zero-order chi connectivity index (χ0) is 22.2. The number of carbonyl (C=O) groups excluding carboxylic acids is 2. The van der Waals surface area contributed by atoms with Gasteiger partial charge in [-0.05, 0) is 60.2 Å². The highest BCUT2D eigenvalue weighted by atomic mass is 32.1. The van der Waals surface area contributed by atoms with Crippen LogP contribution in [0.2, 0.25) is 0 Å². The molecule has 160 valence electrons. The average Bonchev–Trinajstić information content (AvgIpc) is 3.23. The second kappa shape index (κ2) is 8.30. The average molecular weight is 444 g/mol. The van der Waals surface area contributed by atoms with Crippen LogP contribution in [0.3, 0.4) is 0 Å². The minimum atomic E-state index is -4.42. The molecule has 0 saturated carbocycles. The molecule has 4 rings (SSSR count). The van der Waals surface area contributed by atoms with Gasteiger partial charge in [0.1, 0.15) is 4.88 Å². The van der Waals surface area contributed by atoms with Gasteiger partial charge in [-0.3, -0.25) is 4.79 Å². The van der Waals surface area contributed by atoms with Crippen LogP contribution in [0.4, 0.5) is 13.2 Å². The number of ketones is 1. The molecule has 7 heteroatoms. The number of methoxy groups -OCH3 is 1. The fourth-order valence-electron chi connectivity index (χ4n) is 4.03. The number of rotatable bonds is 4. The van der Waals surface area contributed by atoms with Crippen LogP contribution in [0.15, 0.2) is 54.6 Å². The number of ether oxygens (including phenoxy) is 1. The predicted molar refractivity (Wildman–Crippen MR) is 112 cm³/mol. The highest BCUT2D eigenvalue weighted by Gasteiger charge is 2.32. The van der Waals surface area contributed by atoms with Gasteiger partial charge >= 0.3 is 12.1 Å². The van der Waals surface area contributed by atoms with Crippen LogP contribution in [0.5, 0.6) is 0 Å². The fraction of sp³-hybridized carbons (Fsp3) is 0.250. The zero-order valence-electron chi connectivity index (χ0n) is 16.7. The van der Waals surface area contributed by atoms with Gasteiger partial charge in [-0.15, -0.1) is 11.3 Å². The largest absolute Gasteiger partial charge is 0.465 e. The molecule has 3 aromatic rings. The lowest BCUT2D eigenvalue weighted by Crippen LogP contribution is -2.24. The van der Waals surface area contributed by atoms with Crippen molar-refractivity contribution in [3.63, 3.8) is 0 Å². The summed E-state index contributed by atoms with van der Waals surface area (Å²) in [5, 5.41) is 0. The first-order valence-corrected chi connectivity index (χ1v) is 10.6. The van der Waals surface area contributed by atoms with E-state index in [2.05, 4.69) is 0 Å². The summed E-state index contributed by atoms with van der Waals surface area (Å²) in [6.07, 6.45) is -2.69. The third kappa shape index (κ3) is 4.28. The molecule has 0 N–H and O–H groups in total. The molecule has 2 aromatic carbocycles. The Kier molecular flexibility index (Phi) is 5.71. The van der Waals surface area contributed by atoms with Crippen LogP contribution in [0.25, 0.3) is 11.1 Å². The van der Waals surface area contributed by atoms with Crippen molar-refractivity contribution >= 4 is 23.1 Å². The summed E-state index contributed by atoms with van der Waals surface area (Å²) in [4.78, 5) is 26.2. The van der Waals surface area contributed by atoms with Crippen molar-refractivity contribution in [3.05, 3.63) is 81.0 Å². The van der Waals surface area contributed by atoms with Crippen molar-refractivity contribution in [2.24, 2.45) is 5.92 Å². The monoisotopic (exact) mass is 444 g/mol. The number of hydrogen-bond donors (Lipinski definition) is 0. The van der Waals surface area contributed by atoms with E-state index in [9.17, 15) is 22.8 Å². The smallest absolute Gasteiger partial charge is 0.416 e. The zero-order valence-corrected chi connectivity index (χ0v) is 17.5. The van der Waals surface area contributed by atoms with Crippen molar-refractivity contribution in [2.45, 2.75) is 25.4 Å². The number of Topliss-reactive ketones (excluding diaryl/α,β-unsaturated/α-hetero) is 1. The second-order valence-corrected chi connectivity index (χ2v) is 8.64. The van der Waals surface area contributed by atoms with E-state index >= 15 is 0 Å². The van der Waals surface area contributed by atoms with Gasteiger partial charge in [-0.2, -0.15) is 13.2 Å². The van der Waals surface area contributed by atoms with Crippen molar-refractivity contribution < 1.29 is 27.5 Å². The molecule has 1 unspecified atom stereocenters. The summed E-state index contributed by atoms with van der Waals surface area (Å²) in [5.41, 5.74) is 1.78. The molecule has 0 fully saturated rings. The molecule has 1 atom stereocenters. The molecule has 0 spiro atoms. The Labute approximate surface area is 181 Å². The third-order valence-electron chi connectivity index (χ3n) is 5.55. The van der Waals surface area contributed by atoms with Crippen molar-refractivity contribution in [2.75, 3.05) is 7.11 Å². The fourth-order valence-corrected chi connectivity index (χ4v) is 5.03. The van der Waals surface area contributed by atoms with Gasteiger partial charge in [0.25, 0.3) is 0 Å². The first kappa shape index (κ1) is 21.3. The first-order valence-electron chi connectivity index (χ1n) is 9.78. The number of hydrogen-bond acceptors (Lipinski definition) is 4. The molecular weight excluding hydrogens is 425 g/mol. The minimum Gasteiger partial charge on any atom is -0.465 e. The molecule has 1 heterocycles. The number of carbonyl (C=O) groups is 2. The van der Waals surface area contributed by atoms with Crippen LogP contribution in [-0.2, 0) is 23.8 Å². The topological polar surface area (TPSA) is 43.4 Å². The van der Waals surface area contributed by atoms with E-state index in [0.29, 0.717) is 40.8 Å². The molecule has 0 aliphatic heterocycles. The van der Waals surface area contributed by atoms with Gasteiger partial charge in [0.15, 0.2) is 5.78 Å². The van der Waals surface area contributed by atoms with Gasteiger partial charge in [0, 0.05) is 16.4 Å². The molecule has 3 nitrogen and oxygen atoms in total. The Hall–Kier alpha value is -2.93. The molecule has 0 amide bonds. The lowest BCUT2D eigenvalue weighted by molar-refractivity contribution is -0.137. The summed E-state index contributed by atoms with van der Waals surface area (Å²) in [7, 11) is 1.32. The molecule has 31 heavy (non-hydrogen) atoms. The number of benzene rings is 2. The summed E-state index contributed by atoms with van der Waals surface area (Å²) in [6.45, 7) is 0. The Balaban J connectivity index is 1.61. The van der Waals surface area contributed by atoms with Crippen LogP contribution in [-0.4, -0.2) is 18.9 Å². The van der Waals surface area contributed by atoms with Crippen molar-refractivity contribution in [3.8, 4) is 11.1 Å². The molecule has 0 saturated heterocycles. The summed E-state index contributed by atoms with van der Waals surface area (Å²) in [6, 6.07) is 14.0. The summed E-state index contributed by atoms with van der Waals surface area (Å²) >= 11 is 1.31. The number of fused-ring (bicyclic) bond motifs is 1. The van der Waals surface area contributed by atoms with Crippen molar-refractivity contribution in [1.29, 1.82) is 0 Å². The lowest BCUT2D eigenvalue weighted by Gasteiger charge is -2.25.